The molecule has 0 aliphatic heterocycles. The minimum atomic E-state index is -4.88. The average Bonchev–Trinajstić information content (AvgIpc) is 4.05. The van der Waals surface area contributed by atoms with Gasteiger partial charge in [-0.05, 0) is 98.3 Å². The van der Waals surface area contributed by atoms with Gasteiger partial charge in [0.15, 0.2) is 11.3 Å². The molecule has 5 aromatic carbocycles. The van der Waals surface area contributed by atoms with Crippen LogP contribution in [0.1, 0.15) is 35.1 Å². The second kappa shape index (κ2) is 22.4. The fraction of sp³-hybridized carbons (Fsp3) is 0.222. The number of fused-ring (bicyclic) bond motifs is 6. The SMILES string of the molecule is COc1cc2c(cc1S(=O)(=O)O)nc1c(C#N)c(C)c(N=Nc3cc(C)c(N=Nc4cc(C)c(N=Nc5nc6c(S(=O)(=O)O)cc7ccc(S(=O)(=O)O)cc7c6s5)cc4SCCCS(=O)(=O)O)cc3OCCCS(=O)(=O)O)c(O)n12. The van der Waals surface area contributed by atoms with Gasteiger partial charge in [0.1, 0.15) is 44.1 Å². The van der Waals surface area contributed by atoms with Crippen molar-refractivity contribution in [1.29, 1.82) is 5.26 Å². The number of pyridine rings is 1. The predicted octanol–water partition coefficient (Wildman–Crippen LogP) is 9.77. The minimum Gasteiger partial charge on any atom is -0.495 e. The van der Waals surface area contributed by atoms with Crippen LogP contribution in [-0.4, -0.2) is 115 Å². The number of thiazole rings is 1. The van der Waals surface area contributed by atoms with Gasteiger partial charge in [0.05, 0.1) is 62.9 Å². The summed E-state index contributed by atoms with van der Waals surface area (Å²) in [5, 5.41) is 48.2. The van der Waals surface area contributed by atoms with Gasteiger partial charge in [-0.2, -0.15) is 52.5 Å². The summed E-state index contributed by atoms with van der Waals surface area (Å²) in [6, 6.07) is 14.6. The average molecular weight is 1230 g/mol. The first-order chi connectivity index (χ1) is 37.3. The van der Waals surface area contributed by atoms with Crippen LogP contribution < -0.4 is 9.47 Å². The fourth-order valence-corrected chi connectivity index (χ4v) is 12.8. The highest BCUT2D eigenvalue weighted by Gasteiger charge is 2.26. The first-order valence-electron chi connectivity index (χ1n) is 22.5. The van der Waals surface area contributed by atoms with Crippen LogP contribution in [0.3, 0.4) is 0 Å². The maximum Gasteiger partial charge on any atom is 0.298 e. The molecule has 8 rings (SSSR count). The van der Waals surface area contributed by atoms with Crippen molar-refractivity contribution in [3.8, 4) is 23.4 Å². The van der Waals surface area contributed by atoms with Crippen LogP contribution in [-0.2, 0) is 50.6 Å². The summed E-state index contributed by atoms with van der Waals surface area (Å²) in [5.74, 6) is -2.09. The van der Waals surface area contributed by atoms with Crippen molar-refractivity contribution in [3.05, 3.63) is 82.9 Å². The molecule has 8 aromatic rings. The van der Waals surface area contributed by atoms with Crippen molar-refractivity contribution in [1.82, 2.24) is 14.4 Å². The smallest absolute Gasteiger partial charge is 0.298 e. The summed E-state index contributed by atoms with van der Waals surface area (Å²) in [7, 11) is -22.0. The third kappa shape index (κ3) is 13.0. The van der Waals surface area contributed by atoms with E-state index in [9.17, 15) is 75.2 Å². The number of benzene rings is 5. The summed E-state index contributed by atoms with van der Waals surface area (Å²) in [5.41, 5.74) is 0.757. The number of aromatic nitrogens is 3. The normalized spacial score (nSPS) is 13.1. The molecular formula is C45H40N10O18S7. The molecule has 0 bridgehead atoms. The minimum absolute atomic E-state index is 0.0121. The van der Waals surface area contributed by atoms with Gasteiger partial charge in [0.25, 0.3) is 50.6 Å². The second-order valence-corrected chi connectivity index (χ2v) is 26.7. The van der Waals surface area contributed by atoms with Crippen LogP contribution >= 0.6 is 23.1 Å². The zero-order valence-corrected chi connectivity index (χ0v) is 47.1. The van der Waals surface area contributed by atoms with Gasteiger partial charge in [-0.1, -0.05) is 17.4 Å². The van der Waals surface area contributed by atoms with Crippen molar-refractivity contribution in [3.63, 3.8) is 0 Å². The van der Waals surface area contributed by atoms with E-state index in [4.69, 9.17) is 9.47 Å². The number of azo groups is 3. The lowest BCUT2D eigenvalue weighted by molar-refractivity contribution is 0.317. The van der Waals surface area contributed by atoms with Crippen molar-refractivity contribution >= 4 is 145 Å². The molecule has 0 spiro atoms. The number of nitriles is 1. The van der Waals surface area contributed by atoms with Crippen molar-refractivity contribution in [2.45, 2.75) is 53.2 Å². The molecule has 80 heavy (non-hydrogen) atoms. The molecule has 28 nitrogen and oxygen atoms in total. The Bertz CT molecular complexity index is 4640. The largest absolute Gasteiger partial charge is 0.495 e. The van der Waals surface area contributed by atoms with Crippen LogP contribution in [0.4, 0.5) is 33.6 Å². The molecule has 0 atom stereocenters. The number of hydrogen-bond donors (Lipinski definition) is 6. The second-order valence-electron chi connectivity index (χ2n) is 17.2. The van der Waals surface area contributed by atoms with E-state index in [1.807, 2.05) is 6.07 Å². The quantitative estimate of drug-likeness (QED) is 0.0179. The van der Waals surface area contributed by atoms with E-state index in [0.29, 0.717) is 16.0 Å². The lowest BCUT2D eigenvalue weighted by atomic mass is 10.1. The number of aromatic hydroxyl groups is 1. The lowest BCUT2D eigenvalue weighted by Crippen LogP contribution is -2.08. The van der Waals surface area contributed by atoms with Gasteiger partial charge in [-0.25, -0.2) is 9.97 Å². The van der Waals surface area contributed by atoms with E-state index in [1.54, 1.807) is 19.9 Å². The van der Waals surface area contributed by atoms with Gasteiger partial charge in [-0.15, -0.1) is 37.3 Å². The molecule has 3 heterocycles. The number of hydrogen-bond acceptors (Lipinski definition) is 24. The number of ether oxygens (including phenoxy) is 2. The molecule has 0 unspecified atom stereocenters. The van der Waals surface area contributed by atoms with Gasteiger partial charge >= 0.3 is 0 Å². The molecule has 0 aliphatic carbocycles. The number of nitrogens with zero attached hydrogens (tertiary/aromatic N) is 10. The number of thioether (sulfide) groups is 1. The van der Waals surface area contributed by atoms with Crippen LogP contribution in [0.2, 0.25) is 0 Å². The van der Waals surface area contributed by atoms with E-state index in [1.165, 1.54) is 37.3 Å². The summed E-state index contributed by atoms with van der Waals surface area (Å²) < 4.78 is 180. The van der Waals surface area contributed by atoms with E-state index < -0.39 is 82.7 Å². The predicted molar refractivity (Wildman–Crippen MR) is 290 cm³/mol. The fourth-order valence-electron chi connectivity index (χ4n) is 7.85. The lowest BCUT2D eigenvalue weighted by Gasteiger charge is -2.12. The third-order valence-corrected chi connectivity index (χ3v) is 17.9. The Labute approximate surface area is 462 Å². The highest BCUT2D eigenvalue weighted by atomic mass is 32.2. The molecule has 6 N–H and O–H groups in total. The summed E-state index contributed by atoms with van der Waals surface area (Å²) in [6.45, 7) is 4.39. The molecule has 0 radical (unpaired) electrons. The highest BCUT2D eigenvalue weighted by molar-refractivity contribution is 7.99. The zero-order valence-electron chi connectivity index (χ0n) is 41.4. The van der Waals surface area contributed by atoms with E-state index in [-0.39, 0.29) is 119 Å². The molecule has 0 saturated carbocycles. The van der Waals surface area contributed by atoms with E-state index >= 15 is 0 Å². The number of rotatable bonds is 20. The summed E-state index contributed by atoms with van der Waals surface area (Å²) in [6.07, 6.45) is -0.207. The molecule has 3 aromatic heterocycles. The Morgan fingerprint density at radius 1 is 0.688 bits per heavy atom. The molecule has 35 heteroatoms. The molecule has 0 amide bonds. The monoisotopic (exact) mass is 1230 g/mol. The Kier molecular flexibility index (Phi) is 16.5. The summed E-state index contributed by atoms with van der Waals surface area (Å²) in [4.78, 5) is 7.23. The Morgan fingerprint density at radius 3 is 1.95 bits per heavy atom. The first-order valence-corrected chi connectivity index (χ1v) is 31.8. The van der Waals surface area contributed by atoms with Crippen molar-refractivity contribution in [2.75, 3.05) is 31.0 Å². The third-order valence-electron chi connectivity index (χ3n) is 11.6. The molecule has 420 valence electrons. The highest BCUT2D eigenvalue weighted by Crippen LogP contribution is 2.45. The topological polar surface area (TPSA) is 439 Å². The van der Waals surface area contributed by atoms with Crippen molar-refractivity contribution < 1.29 is 79.4 Å². The standard InChI is InChI=1S/C45H40N10O18S7/c1-22-13-32(51-53-40-24(3)28(21-46)43-47-31-19-38(79(66,67)68)36(72-4)20-34(31)55(43)44(40)56)35(73-9-5-11-76(57,58)59)17-29(22)49-52-33-14-23(2)30(18-37(33)74-10-6-12-77(60,61)62)50-54-45-48-41-39(80(69,70)71)15-25-7-8-26(78(63,64)65)16-27(25)42(41)75-45/h7-8,13-20,56H,5-6,9-12H2,1-4H3,(H,57,58,59)(H,60,61,62)(H,63,64,65)(H,66,67,68)(H,69,70,71). The van der Waals surface area contributed by atoms with Crippen LogP contribution in [0.25, 0.3) is 37.7 Å². The maximum absolute atomic E-state index is 12.5. The molecule has 0 aliphatic rings. The van der Waals surface area contributed by atoms with Gasteiger partial charge in [0, 0.05) is 28.0 Å². The first kappa shape index (κ1) is 58.9. The van der Waals surface area contributed by atoms with Gasteiger partial charge < -0.3 is 14.6 Å². The van der Waals surface area contributed by atoms with Gasteiger partial charge in [0.2, 0.25) is 11.0 Å². The van der Waals surface area contributed by atoms with E-state index in [0.717, 1.165) is 58.9 Å². The maximum atomic E-state index is 12.5. The molecular weight excluding hydrogens is 1190 g/mol. The summed E-state index contributed by atoms with van der Waals surface area (Å²) >= 11 is 1.90. The number of aryl methyl sites for hydroxylation is 2. The number of methoxy groups -OCH3 is 1. The Hall–Kier alpha value is -7.21. The molecule has 0 saturated heterocycles. The number of imidazole rings is 1. The van der Waals surface area contributed by atoms with E-state index in [2.05, 4.69) is 40.7 Å². The molecule has 0 fully saturated rings. The van der Waals surface area contributed by atoms with Crippen molar-refractivity contribution in [2.24, 2.45) is 30.7 Å². The Morgan fingerprint density at radius 2 is 1.31 bits per heavy atom. The van der Waals surface area contributed by atoms with Crippen LogP contribution in [0.15, 0.2) is 111 Å². The van der Waals surface area contributed by atoms with Crippen LogP contribution in [0, 0.1) is 32.1 Å². The van der Waals surface area contributed by atoms with Gasteiger partial charge in [-0.3, -0.25) is 27.2 Å². The zero-order chi connectivity index (χ0) is 58.4. The van der Waals surface area contributed by atoms with Crippen LogP contribution in [0.5, 0.6) is 17.4 Å². The Balaban J connectivity index is 1.18.